The molecule has 0 amide bonds. The molecule has 0 saturated heterocycles. The highest BCUT2D eigenvalue weighted by Crippen LogP contribution is 2.16. The highest BCUT2D eigenvalue weighted by Gasteiger charge is 2.06. The van der Waals surface area contributed by atoms with E-state index in [0.717, 1.165) is 5.82 Å². The van der Waals surface area contributed by atoms with Crippen LogP contribution in [0.3, 0.4) is 0 Å². The fraction of sp³-hybridized carbons (Fsp3) is 0.300. The number of halogens is 2. The van der Waals surface area contributed by atoms with Crippen LogP contribution in [0, 0.1) is 6.92 Å². The van der Waals surface area contributed by atoms with E-state index in [0.29, 0.717) is 22.0 Å². The monoisotopic (exact) mass is 360 g/mol. The molecule has 0 atom stereocenters. The molecular formula is C10H10Br2N4O. The zero-order valence-electron chi connectivity index (χ0n) is 9.10. The van der Waals surface area contributed by atoms with Crippen LogP contribution < -0.4 is 5.56 Å². The lowest BCUT2D eigenvalue weighted by Crippen LogP contribution is -2.25. The van der Waals surface area contributed by atoms with E-state index in [-0.39, 0.29) is 5.56 Å². The Balaban J connectivity index is 2.18. The van der Waals surface area contributed by atoms with Crippen LogP contribution in [0.4, 0.5) is 0 Å². The smallest absolute Gasteiger partial charge is 0.282 e. The minimum atomic E-state index is -0.142. The van der Waals surface area contributed by atoms with Crippen LogP contribution in [-0.4, -0.2) is 19.3 Å². The first kappa shape index (κ1) is 12.5. The average Bonchev–Trinajstić information content (AvgIpc) is 2.71. The number of imidazole rings is 1. The summed E-state index contributed by atoms with van der Waals surface area (Å²) in [7, 11) is 0. The average molecular weight is 362 g/mol. The molecule has 5 nitrogen and oxygen atoms in total. The number of hydrogen-bond acceptors (Lipinski definition) is 3. The van der Waals surface area contributed by atoms with Crippen molar-refractivity contribution in [3.05, 3.63) is 43.7 Å². The van der Waals surface area contributed by atoms with Crippen molar-refractivity contribution in [3.8, 4) is 0 Å². The molecule has 0 spiro atoms. The van der Waals surface area contributed by atoms with Gasteiger partial charge in [0.15, 0.2) is 0 Å². The van der Waals surface area contributed by atoms with Gasteiger partial charge in [0.25, 0.3) is 5.56 Å². The van der Waals surface area contributed by atoms with Crippen molar-refractivity contribution in [1.29, 1.82) is 0 Å². The molecule has 2 heterocycles. The Bertz CT molecular complexity index is 590. The summed E-state index contributed by atoms with van der Waals surface area (Å²) in [5, 5.41) is 4.06. The van der Waals surface area contributed by atoms with Crippen LogP contribution in [0.5, 0.6) is 0 Å². The molecule has 0 unspecified atom stereocenters. The van der Waals surface area contributed by atoms with Gasteiger partial charge in [0, 0.05) is 18.9 Å². The van der Waals surface area contributed by atoms with Gasteiger partial charge >= 0.3 is 0 Å². The van der Waals surface area contributed by atoms with E-state index in [4.69, 9.17) is 0 Å². The molecule has 0 bridgehead atoms. The number of aromatic nitrogens is 4. The standard InChI is InChI=1S/C10H10Br2N4O/c1-7-13-2-3-15(7)4-5-16-10(17)9(12)8(11)6-14-16/h2-3,6H,4-5H2,1H3. The fourth-order valence-electron chi connectivity index (χ4n) is 1.45. The van der Waals surface area contributed by atoms with Crippen LogP contribution >= 0.6 is 31.9 Å². The van der Waals surface area contributed by atoms with E-state index in [1.54, 1.807) is 12.4 Å². The van der Waals surface area contributed by atoms with Gasteiger partial charge in [-0.25, -0.2) is 9.67 Å². The number of nitrogens with zero attached hydrogens (tertiary/aromatic N) is 4. The minimum Gasteiger partial charge on any atom is -0.333 e. The molecule has 17 heavy (non-hydrogen) atoms. The van der Waals surface area contributed by atoms with E-state index in [1.807, 2.05) is 17.7 Å². The molecule has 0 aliphatic carbocycles. The Hall–Kier alpha value is -0.950. The third-order valence-electron chi connectivity index (χ3n) is 2.42. The summed E-state index contributed by atoms with van der Waals surface area (Å²) in [6.45, 7) is 3.11. The van der Waals surface area contributed by atoms with E-state index < -0.39 is 0 Å². The SMILES string of the molecule is Cc1nccn1CCn1ncc(Br)c(Br)c1=O. The summed E-state index contributed by atoms with van der Waals surface area (Å²) in [6, 6.07) is 0. The Kier molecular flexibility index (Phi) is 3.78. The summed E-state index contributed by atoms with van der Waals surface area (Å²) in [5.41, 5.74) is -0.142. The van der Waals surface area contributed by atoms with Crippen LogP contribution in [0.2, 0.25) is 0 Å². The van der Waals surface area contributed by atoms with Gasteiger partial charge in [0.1, 0.15) is 10.3 Å². The van der Waals surface area contributed by atoms with Gasteiger partial charge in [-0.15, -0.1) is 0 Å². The normalized spacial score (nSPS) is 10.8. The van der Waals surface area contributed by atoms with Gasteiger partial charge < -0.3 is 4.57 Å². The molecule has 0 N–H and O–H groups in total. The van der Waals surface area contributed by atoms with Crippen molar-refractivity contribution in [3.63, 3.8) is 0 Å². The molecule has 2 aromatic heterocycles. The highest BCUT2D eigenvalue weighted by molar-refractivity contribution is 9.13. The molecule has 0 fully saturated rings. The number of rotatable bonds is 3. The predicted octanol–water partition coefficient (Wildman–Crippen LogP) is 1.97. The zero-order valence-corrected chi connectivity index (χ0v) is 12.3. The van der Waals surface area contributed by atoms with Crippen LogP contribution in [0.25, 0.3) is 0 Å². The van der Waals surface area contributed by atoms with E-state index in [1.165, 1.54) is 4.68 Å². The molecule has 0 aromatic carbocycles. The van der Waals surface area contributed by atoms with Crippen molar-refractivity contribution in [2.24, 2.45) is 0 Å². The number of hydrogen-bond donors (Lipinski definition) is 0. The lowest BCUT2D eigenvalue weighted by atomic mass is 10.5. The van der Waals surface area contributed by atoms with Gasteiger partial charge in [-0.1, -0.05) is 0 Å². The van der Waals surface area contributed by atoms with E-state index >= 15 is 0 Å². The molecule has 2 rings (SSSR count). The van der Waals surface area contributed by atoms with Gasteiger partial charge in [0.2, 0.25) is 0 Å². The molecule has 2 aromatic rings. The van der Waals surface area contributed by atoms with Crippen LogP contribution in [-0.2, 0) is 13.1 Å². The van der Waals surface area contributed by atoms with Crippen molar-refractivity contribution in [1.82, 2.24) is 19.3 Å². The van der Waals surface area contributed by atoms with Gasteiger partial charge in [-0.2, -0.15) is 5.10 Å². The molecular weight excluding hydrogens is 352 g/mol. The summed E-state index contributed by atoms with van der Waals surface area (Å²) < 4.78 is 4.56. The van der Waals surface area contributed by atoms with Gasteiger partial charge in [0.05, 0.1) is 17.2 Å². The quantitative estimate of drug-likeness (QED) is 0.839. The second kappa shape index (κ2) is 5.14. The van der Waals surface area contributed by atoms with E-state index in [9.17, 15) is 4.79 Å². The Labute approximate surface area is 115 Å². The topological polar surface area (TPSA) is 52.7 Å². The molecule has 0 aliphatic rings. The zero-order chi connectivity index (χ0) is 12.4. The van der Waals surface area contributed by atoms with Crippen molar-refractivity contribution < 1.29 is 0 Å². The summed E-state index contributed by atoms with van der Waals surface area (Å²) >= 11 is 6.47. The molecule has 90 valence electrons. The Morgan fingerprint density at radius 2 is 2.12 bits per heavy atom. The maximum atomic E-state index is 11.8. The summed E-state index contributed by atoms with van der Waals surface area (Å²) in [5.74, 6) is 0.925. The first-order chi connectivity index (χ1) is 8.09. The Morgan fingerprint density at radius 1 is 1.35 bits per heavy atom. The second-order valence-electron chi connectivity index (χ2n) is 3.50. The maximum absolute atomic E-state index is 11.8. The van der Waals surface area contributed by atoms with E-state index in [2.05, 4.69) is 41.9 Å². The largest absolute Gasteiger partial charge is 0.333 e. The highest BCUT2D eigenvalue weighted by atomic mass is 79.9. The summed E-state index contributed by atoms with van der Waals surface area (Å²) in [4.78, 5) is 16.0. The maximum Gasteiger partial charge on any atom is 0.282 e. The molecule has 7 heteroatoms. The molecule has 0 saturated carbocycles. The first-order valence-electron chi connectivity index (χ1n) is 4.98. The molecule has 0 radical (unpaired) electrons. The van der Waals surface area contributed by atoms with Crippen LogP contribution in [0.1, 0.15) is 5.82 Å². The number of aryl methyl sites for hydroxylation is 3. The third-order valence-corrected chi connectivity index (χ3v) is 4.32. The van der Waals surface area contributed by atoms with Gasteiger partial charge in [-0.05, 0) is 38.8 Å². The predicted molar refractivity (Wildman–Crippen MR) is 70.9 cm³/mol. The lowest BCUT2D eigenvalue weighted by Gasteiger charge is -2.07. The molecule has 0 aliphatic heterocycles. The lowest BCUT2D eigenvalue weighted by molar-refractivity contribution is 0.502. The van der Waals surface area contributed by atoms with Crippen molar-refractivity contribution in [2.75, 3.05) is 0 Å². The fourth-order valence-corrected chi connectivity index (χ4v) is 2.01. The first-order valence-corrected chi connectivity index (χ1v) is 6.57. The summed E-state index contributed by atoms with van der Waals surface area (Å²) in [6.07, 6.45) is 5.23. The van der Waals surface area contributed by atoms with Crippen molar-refractivity contribution in [2.45, 2.75) is 20.0 Å². The van der Waals surface area contributed by atoms with Crippen LogP contribution in [0.15, 0.2) is 32.3 Å². The van der Waals surface area contributed by atoms with Gasteiger partial charge in [-0.3, -0.25) is 4.79 Å². The minimum absolute atomic E-state index is 0.142. The Morgan fingerprint density at radius 3 is 2.76 bits per heavy atom. The third kappa shape index (κ3) is 2.66. The second-order valence-corrected chi connectivity index (χ2v) is 5.15. The van der Waals surface area contributed by atoms with Crippen molar-refractivity contribution >= 4 is 31.9 Å².